The summed E-state index contributed by atoms with van der Waals surface area (Å²) < 4.78 is 27.8. The third-order valence-electron chi connectivity index (χ3n) is 3.93. The quantitative estimate of drug-likeness (QED) is 0.618. The maximum Gasteiger partial charge on any atom is 0.323 e. The first-order valence-corrected chi connectivity index (χ1v) is 11.0. The van der Waals surface area contributed by atoms with Crippen LogP contribution in [0.3, 0.4) is 0 Å². The molecule has 0 saturated heterocycles. The lowest BCUT2D eigenvalue weighted by Crippen LogP contribution is -2.10. The van der Waals surface area contributed by atoms with Gasteiger partial charge in [-0.25, -0.2) is 8.42 Å². The minimum atomic E-state index is -3.50. The fourth-order valence-electron chi connectivity index (χ4n) is 2.87. The van der Waals surface area contributed by atoms with Gasteiger partial charge in [-0.1, -0.05) is 41.6 Å². The van der Waals surface area contributed by atoms with Gasteiger partial charge in [-0.15, -0.1) is 0 Å². The number of carboxylic acids is 1. The third-order valence-corrected chi connectivity index (χ3v) is 6.24. The van der Waals surface area contributed by atoms with E-state index in [-0.39, 0.29) is 6.54 Å². The lowest BCUT2D eigenvalue weighted by molar-refractivity contribution is -0.137. The number of rotatable bonds is 6. The van der Waals surface area contributed by atoms with Gasteiger partial charge in [0.25, 0.3) is 0 Å². The van der Waals surface area contributed by atoms with E-state index in [1.165, 1.54) is 11.8 Å². The van der Waals surface area contributed by atoms with E-state index in [1.807, 2.05) is 25.1 Å². The molecule has 6 nitrogen and oxygen atoms in total. The van der Waals surface area contributed by atoms with Crippen molar-refractivity contribution in [1.29, 1.82) is 0 Å². The maximum absolute atomic E-state index is 11.8. The summed E-state index contributed by atoms with van der Waals surface area (Å²) in [5.41, 5.74) is 1.76. The van der Waals surface area contributed by atoms with Crippen molar-refractivity contribution in [1.82, 2.24) is 4.57 Å². The van der Waals surface area contributed by atoms with Gasteiger partial charge in [0.1, 0.15) is 6.54 Å². The van der Waals surface area contributed by atoms with E-state index in [1.54, 1.807) is 28.8 Å². The molecule has 0 atom stereocenters. The van der Waals surface area contributed by atoms with Crippen molar-refractivity contribution in [3.05, 3.63) is 53.2 Å². The Hall–Kier alpha value is -2.16. The molecule has 0 aliphatic heterocycles. The zero-order valence-electron chi connectivity index (χ0n) is 14.6. The molecule has 0 aliphatic carbocycles. The first-order chi connectivity index (χ1) is 12.7. The smallest absolute Gasteiger partial charge is 0.323 e. The minimum Gasteiger partial charge on any atom is -0.480 e. The summed E-state index contributed by atoms with van der Waals surface area (Å²) in [4.78, 5) is 12.9. The lowest BCUT2D eigenvalue weighted by Gasteiger charge is -2.09. The molecule has 3 rings (SSSR count). The highest BCUT2D eigenvalue weighted by Crippen LogP contribution is 2.43. The van der Waals surface area contributed by atoms with E-state index >= 15 is 0 Å². The number of hydrogen-bond acceptors (Lipinski definition) is 4. The Labute approximate surface area is 166 Å². The second-order valence-electron chi connectivity index (χ2n) is 6.00. The van der Waals surface area contributed by atoms with Gasteiger partial charge in [0.15, 0.2) is 0 Å². The molecule has 2 aromatic carbocycles. The van der Waals surface area contributed by atoms with Crippen LogP contribution < -0.4 is 4.72 Å². The first kappa shape index (κ1) is 19.6. The van der Waals surface area contributed by atoms with Crippen LogP contribution in [0.1, 0.15) is 5.69 Å². The number of carboxylic acid groups (broad SMARTS) is 1. The van der Waals surface area contributed by atoms with Gasteiger partial charge in [0.2, 0.25) is 10.0 Å². The summed E-state index contributed by atoms with van der Waals surface area (Å²) >= 11 is 7.66. The first-order valence-electron chi connectivity index (χ1n) is 7.91. The molecule has 0 saturated carbocycles. The Bertz CT molecular complexity index is 1140. The monoisotopic (exact) mass is 424 g/mol. The van der Waals surface area contributed by atoms with Crippen molar-refractivity contribution in [3.63, 3.8) is 0 Å². The van der Waals surface area contributed by atoms with E-state index in [9.17, 15) is 18.3 Å². The van der Waals surface area contributed by atoms with Gasteiger partial charge < -0.3 is 9.67 Å². The summed E-state index contributed by atoms with van der Waals surface area (Å²) in [7, 11) is -3.50. The van der Waals surface area contributed by atoms with Crippen molar-refractivity contribution in [2.45, 2.75) is 23.3 Å². The Morgan fingerprint density at radius 2 is 1.93 bits per heavy atom. The highest BCUT2D eigenvalue weighted by Gasteiger charge is 2.21. The normalized spacial score (nSPS) is 11.7. The minimum absolute atomic E-state index is 0.228. The van der Waals surface area contributed by atoms with E-state index in [0.29, 0.717) is 21.6 Å². The van der Waals surface area contributed by atoms with Crippen LogP contribution >= 0.6 is 23.4 Å². The van der Waals surface area contributed by atoms with Crippen molar-refractivity contribution in [3.8, 4) is 0 Å². The Kier molecular flexibility index (Phi) is 5.41. The van der Waals surface area contributed by atoms with Crippen LogP contribution in [0.5, 0.6) is 0 Å². The number of nitrogens with zero attached hydrogens (tertiary/aromatic N) is 1. The number of aromatic nitrogens is 1. The Balaban J connectivity index is 2.28. The van der Waals surface area contributed by atoms with Gasteiger partial charge in [-0.3, -0.25) is 9.52 Å². The lowest BCUT2D eigenvalue weighted by atomic mass is 10.2. The van der Waals surface area contributed by atoms with Crippen molar-refractivity contribution >= 4 is 55.9 Å². The number of hydrogen-bond donors (Lipinski definition) is 2. The number of benzene rings is 2. The zero-order valence-corrected chi connectivity index (χ0v) is 17.0. The molecule has 1 aromatic heterocycles. The topological polar surface area (TPSA) is 88.4 Å². The molecule has 0 spiro atoms. The average Bonchev–Trinajstić information content (AvgIpc) is 2.82. The Morgan fingerprint density at radius 1 is 1.22 bits per heavy atom. The molecule has 9 heteroatoms. The molecular formula is C18H17ClN2O4S2. The molecule has 142 valence electrons. The van der Waals surface area contributed by atoms with Crippen LogP contribution in [-0.4, -0.2) is 30.3 Å². The van der Waals surface area contributed by atoms with Gasteiger partial charge in [-0.2, -0.15) is 0 Å². The molecule has 0 aliphatic rings. The van der Waals surface area contributed by atoms with E-state index in [0.717, 1.165) is 21.7 Å². The van der Waals surface area contributed by atoms with Crippen molar-refractivity contribution < 1.29 is 18.3 Å². The van der Waals surface area contributed by atoms with E-state index < -0.39 is 16.0 Å². The van der Waals surface area contributed by atoms with Crippen LogP contribution in [0.25, 0.3) is 10.9 Å². The molecule has 0 unspecified atom stereocenters. The molecule has 3 aromatic rings. The number of carbonyl (C=O) groups is 1. The van der Waals surface area contributed by atoms with Crippen LogP contribution in [0.15, 0.2) is 52.3 Å². The van der Waals surface area contributed by atoms with Crippen LogP contribution in [-0.2, 0) is 21.4 Å². The second-order valence-corrected chi connectivity index (χ2v) is 9.21. The van der Waals surface area contributed by atoms with Gasteiger partial charge in [0, 0.05) is 20.9 Å². The molecule has 0 bridgehead atoms. The van der Waals surface area contributed by atoms with E-state index in [4.69, 9.17) is 11.6 Å². The largest absolute Gasteiger partial charge is 0.480 e. The SMILES string of the molecule is Cc1c(Sc2ccccc2Cl)c2c(NS(C)(=O)=O)cccc2n1CC(=O)O. The van der Waals surface area contributed by atoms with Gasteiger partial charge in [0.05, 0.1) is 22.5 Å². The molecule has 0 radical (unpaired) electrons. The standard InChI is InChI=1S/C18H17ClN2O4S2/c1-11-18(26-15-9-4-3-6-12(15)19)17-13(20-27(2,24)25)7-5-8-14(17)21(11)10-16(22)23/h3-9,20H,10H2,1-2H3,(H,22,23). The summed E-state index contributed by atoms with van der Waals surface area (Å²) in [5, 5.41) is 10.5. The van der Waals surface area contributed by atoms with Gasteiger partial charge >= 0.3 is 5.97 Å². The Morgan fingerprint density at radius 3 is 2.56 bits per heavy atom. The highest BCUT2D eigenvalue weighted by atomic mass is 35.5. The van der Waals surface area contributed by atoms with Gasteiger partial charge in [-0.05, 0) is 31.2 Å². The molecule has 0 fully saturated rings. The highest BCUT2D eigenvalue weighted by molar-refractivity contribution is 7.99. The zero-order chi connectivity index (χ0) is 19.8. The fraction of sp³-hybridized carbons (Fsp3) is 0.167. The van der Waals surface area contributed by atoms with Crippen molar-refractivity contribution in [2.24, 2.45) is 0 Å². The second kappa shape index (κ2) is 7.46. The molecule has 0 amide bonds. The number of nitrogens with one attached hydrogen (secondary N) is 1. The number of fused-ring (bicyclic) bond motifs is 1. The third kappa shape index (κ3) is 4.23. The summed E-state index contributed by atoms with van der Waals surface area (Å²) in [6, 6.07) is 12.4. The van der Waals surface area contributed by atoms with Crippen LogP contribution in [0.2, 0.25) is 5.02 Å². The number of halogens is 1. The van der Waals surface area contributed by atoms with Crippen LogP contribution in [0, 0.1) is 6.92 Å². The summed E-state index contributed by atoms with van der Waals surface area (Å²) in [5.74, 6) is -0.981. The summed E-state index contributed by atoms with van der Waals surface area (Å²) in [6.45, 7) is 1.58. The average molecular weight is 425 g/mol. The molecule has 2 N–H and O–H groups in total. The van der Waals surface area contributed by atoms with E-state index in [2.05, 4.69) is 4.72 Å². The number of sulfonamides is 1. The number of anilines is 1. The predicted molar refractivity (Wildman–Crippen MR) is 108 cm³/mol. The van der Waals surface area contributed by atoms with Crippen LogP contribution in [0.4, 0.5) is 5.69 Å². The molecule has 1 heterocycles. The van der Waals surface area contributed by atoms with Crippen molar-refractivity contribution in [2.75, 3.05) is 11.0 Å². The summed E-state index contributed by atoms with van der Waals surface area (Å²) in [6.07, 6.45) is 1.08. The molecular weight excluding hydrogens is 408 g/mol. The predicted octanol–water partition coefficient (Wildman–Crippen LogP) is 4.21. The molecule has 27 heavy (non-hydrogen) atoms. The fourth-order valence-corrected chi connectivity index (χ4v) is 4.80. The maximum atomic E-state index is 11.8. The number of aliphatic carboxylic acids is 1.